The Morgan fingerprint density at radius 2 is 0.889 bits per heavy atom. The molecule has 15 nitrogen and oxygen atoms in total. The number of hydrogen-bond acceptors (Lipinski definition) is 9. The Morgan fingerprint density at radius 3 is 1.24 bits per heavy atom. The van der Waals surface area contributed by atoms with Gasteiger partial charge in [-0.15, -0.1) is 0 Å². The van der Waals surface area contributed by atoms with Crippen molar-refractivity contribution in [3.63, 3.8) is 0 Å². The Kier molecular flexibility index (Phi) is 9.74. The predicted octanol–water partition coefficient (Wildman–Crippen LogP) is 6.66. The van der Waals surface area contributed by atoms with E-state index in [4.69, 9.17) is 0 Å². The first-order valence-corrected chi connectivity index (χ1v) is 18.7. The number of rotatable bonds is 8. The molecule has 6 rings (SSSR count). The van der Waals surface area contributed by atoms with Crippen LogP contribution in [0.5, 0.6) is 11.5 Å². The number of fused-ring (bicyclic) bond motifs is 2. The molecule has 0 bridgehead atoms. The lowest BCUT2D eigenvalue weighted by molar-refractivity contribution is 0.101. The molecule has 6 aromatic carbocycles. The molecule has 0 aliphatic rings. The maximum absolute atomic E-state index is 13.2. The highest BCUT2D eigenvalue weighted by Gasteiger charge is 2.22. The molecule has 0 aliphatic carbocycles. The SMILES string of the molecule is Cc1cc(C(=O)Nc2cccc3cc(O)cc(S(=O)(=O)O)c23)ccc1NC(=O)Nc1ccc(C(=O)Nc2cccc3cc(O)cc(S(=O)(=O)O)c23)cc1C. The van der Waals surface area contributed by atoms with Gasteiger partial charge in [0, 0.05) is 45.4 Å². The summed E-state index contributed by atoms with van der Waals surface area (Å²) in [7, 11) is -9.52. The molecule has 6 aromatic rings. The lowest BCUT2D eigenvalue weighted by Gasteiger charge is -2.15. The van der Waals surface area contributed by atoms with Crippen LogP contribution in [-0.2, 0) is 20.2 Å². The molecule has 276 valence electrons. The molecule has 0 spiro atoms. The zero-order valence-corrected chi connectivity index (χ0v) is 29.8. The Labute approximate surface area is 307 Å². The van der Waals surface area contributed by atoms with Gasteiger partial charge in [0.25, 0.3) is 32.1 Å². The molecule has 54 heavy (non-hydrogen) atoms. The van der Waals surface area contributed by atoms with Gasteiger partial charge >= 0.3 is 6.03 Å². The maximum atomic E-state index is 13.2. The number of benzene rings is 6. The van der Waals surface area contributed by atoms with Crippen LogP contribution in [0.15, 0.2) is 107 Å². The zero-order chi connectivity index (χ0) is 39.1. The van der Waals surface area contributed by atoms with Crippen molar-refractivity contribution < 1.29 is 50.5 Å². The van der Waals surface area contributed by atoms with Crippen molar-refractivity contribution in [2.45, 2.75) is 23.6 Å². The van der Waals surface area contributed by atoms with Gasteiger partial charge in [-0.3, -0.25) is 18.7 Å². The summed E-state index contributed by atoms with van der Waals surface area (Å²) in [6, 6.07) is 21.6. The molecule has 0 saturated heterocycles. The average molecular weight is 771 g/mol. The summed E-state index contributed by atoms with van der Waals surface area (Å²) in [6.45, 7) is 3.31. The molecule has 17 heteroatoms. The van der Waals surface area contributed by atoms with E-state index in [9.17, 15) is 50.5 Å². The maximum Gasteiger partial charge on any atom is 0.323 e. The van der Waals surface area contributed by atoms with Crippen molar-refractivity contribution >= 4 is 82.4 Å². The second-order valence-electron chi connectivity index (χ2n) is 12.2. The lowest BCUT2D eigenvalue weighted by Crippen LogP contribution is -2.21. The number of carbonyl (C=O) groups excluding carboxylic acids is 3. The number of carbonyl (C=O) groups is 3. The van der Waals surface area contributed by atoms with Crippen LogP contribution in [0.3, 0.4) is 0 Å². The summed E-state index contributed by atoms with van der Waals surface area (Å²) in [6.07, 6.45) is 0. The van der Waals surface area contributed by atoms with Crippen LogP contribution in [-0.4, -0.2) is 54.0 Å². The highest BCUT2D eigenvalue weighted by molar-refractivity contribution is 7.86. The lowest BCUT2D eigenvalue weighted by atomic mass is 10.1. The molecule has 8 N–H and O–H groups in total. The Morgan fingerprint density at radius 1 is 0.500 bits per heavy atom. The molecule has 0 heterocycles. The number of anilines is 4. The van der Waals surface area contributed by atoms with Crippen LogP contribution in [0, 0.1) is 13.8 Å². The van der Waals surface area contributed by atoms with E-state index in [-0.39, 0.29) is 44.0 Å². The fourth-order valence-electron chi connectivity index (χ4n) is 5.92. The van der Waals surface area contributed by atoms with Gasteiger partial charge in [-0.05, 0) is 96.4 Å². The van der Waals surface area contributed by atoms with Crippen LogP contribution in [0.25, 0.3) is 21.5 Å². The standard InChI is InChI=1S/C37H30N4O11S2/c1-19-13-23(35(44)38-29-7-3-5-21-15-25(42)17-31(33(21)29)53(47,48)49)9-11-27(19)40-37(46)41-28-12-10-24(14-20(28)2)36(45)39-30-8-4-6-22-16-26(43)18-32(34(22)30)54(50,51)52/h3-18,42-43H,1-2H3,(H,38,44)(H,39,45)(H2,40,41,46)(H,47,48,49)(H,50,51,52). The van der Waals surface area contributed by atoms with Gasteiger partial charge in [0.2, 0.25) is 0 Å². The van der Waals surface area contributed by atoms with E-state index in [0.29, 0.717) is 22.5 Å². The number of phenolic OH excluding ortho intramolecular Hbond substituents is 2. The number of urea groups is 1. The van der Waals surface area contributed by atoms with E-state index < -0.39 is 59.4 Å². The van der Waals surface area contributed by atoms with Gasteiger partial charge in [-0.1, -0.05) is 24.3 Å². The Hall–Kier alpha value is -6.53. The number of phenols is 2. The third-order valence-corrected chi connectivity index (χ3v) is 10.1. The van der Waals surface area contributed by atoms with Gasteiger partial charge < -0.3 is 31.5 Å². The van der Waals surface area contributed by atoms with Crippen LogP contribution in [0.1, 0.15) is 31.8 Å². The number of aryl methyl sites for hydroxylation is 2. The van der Waals surface area contributed by atoms with E-state index in [2.05, 4.69) is 21.3 Å². The summed E-state index contributed by atoms with van der Waals surface area (Å²) in [5.41, 5.74) is 2.21. The second-order valence-corrected chi connectivity index (χ2v) is 15.0. The highest BCUT2D eigenvalue weighted by atomic mass is 32.2. The van der Waals surface area contributed by atoms with E-state index in [1.807, 2.05) is 0 Å². The first-order chi connectivity index (χ1) is 25.4. The van der Waals surface area contributed by atoms with Crippen molar-refractivity contribution in [2.24, 2.45) is 0 Å². The Bertz CT molecular complexity index is 2600. The molecule has 0 saturated carbocycles. The van der Waals surface area contributed by atoms with Crippen LogP contribution in [0.4, 0.5) is 27.5 Å². The first-order valence-electron chi connectivity index (χ1n) is 15.8. The third kappa shape index (κ3) is 7.79. The minimum Gasteiger partial charge on any atom is -0.508 e. The summed E-state index contributed by atoms with van der Waals surface area (Å²) in [5.74, 6) is -2.01. The predicted molar refractivity (Wildman–Crippen MR) is 202 cm³/mol. The van der Waals surface area contributed by atoms with Crippen molar-refractivity contribution in [2.75, 3.05) is 21.3 Å². The molecule has 0 unspecified atom stereocenters. The summed E-state index contributed by atoms with van der Waals surface area (Å²) < 4.78 is 67.7. The quantitative estimate of drug-likeness (QED) is 0.0760. The van der Waals surface area contributed by atoms with Crippen molar-refractivity contribution in [3.05, 3.63) is 119 Å². The average Bonchev–Trinajstić information content (AvgIpc) is 3.08. The molecule has 0 atom stereocenters. The zero-order valence-electron chi connectivity index (χ0n) is 28.2. The van der Waals surface area contributed by atoms with Gasteiger partial charge in [0.1, 0.15) is 21.3 Å². The van der Waals surface area contributed by atoms with E-state index in [0.717, 1.165) is 12.1 Å². The van der Waals surface area contributed by atoms with Crippen molar-refractivity contribution in [1.82, 2.24) is 0 Å². The number of amides is 4. The van der Waals surface area contributed by atoms with Gasteiger partial charge in [0.15, 0.2) is 0 Å². The van der Waals surface area contributed by atoms with Gasteiger partial charge in [-0.25, -0.2) is 4.79 Å². The van der Waals surface area contributed by atoms with Crippen LogP contribution >= 0.6 is 0 Å². The van der Waals surface area contributed by atoms with E-state index in [1.54, 1.807) is 13.8 Å². The molecule has 4 amide bonds. The van der Waals surface area contributed by atoms with Crippen molar-refractivity contribution in [1.29, 1.82) is 0 Å². The highest BCUT2D eigenvalue weighted by Crippen LogP contribution is 2.35. The molecular weight excluding hydrogens is 741 g/mol. The summed E-state index contributed by atoms with van der Waals surface area (Å²) in [5, 5.41) is 31.1. The Balaban J connectivity index is 1.14. The minimum atomic E-state index is -4.76. The minimum absolute atomic E-state index is 0.00256. The molecule has 0 aromatic heterocycles. The van der Waals surface area contributed by atoms with Gasteiger partial charge in [0.05, 0.1) is 11.4 Å². The molecule has 0 aliphatic heterocycles. The second kappa shape index (κ2) is 14.1. The molecule has 0 fully saturated rings. The van der Waals surface area contributed by atoms with Crippen LogP contribution < -0.4 is 21.3 Å². The van der Waals surface area contributed by atoms with Crippen LogP contribution in [0.2, 0.25) is 0 Å². The van der Waals surface area contributed by atoms with Crippen molar-refractivity contribution in [3.8, 4) is 11.5 Å². The number of aromatic hydroxyl groups is 2. The van der Waals surface area contributed by atoms with E-state index in [1.165, 1.54) is 84.9 Å². The molecule has 0 radical (unpaired) electrons. The monoisotopic (exact) mass is 770 g/mol. The fraction of sp³-hybridized carbons (Fsp3) is 0.0541. The van der Waals surface area contributed by atoms with Gasteiger partial charge in [-0.2, -0.15) is 16.8 Å². The summed E-state index contributed by atoms with van der Waals surface area (Å²) in [4.78, 5) is 38.2. The van der Waals surface area contributed by atoms with E-state index >= 15 is 0 Å². The smallest absolute Gasteiger partial charge is 0.323 e. The summed E-state index contributed by atoms with van der Waals surface area (Å²) >= 11 is 0. The topological polar surface area (TPSA) is 249 Å². The first kappa shape index (κ1) is 37.2. The number of nitrogens with one attached hydrogen (secondary N) is 4. The fourth-order valence-corrected chi connectivity index (χ4v) is 7.43. The third-order valence-electron chi connectivity index (χ3n) is 8.38. The largest absolute Gasteiger partial charge is 0.508 e. The number of hydrogen-bond donors (Lipinski definition) is 8. The normalized spacial score (nSPS) is 11.6. The molecular formula is C37H30N4O11S2.